The van der Waals surface area contributed by atoms with Crippen LogP contribution in [0.4, 0.5) is 0 Å². The Balaban J connectivity index is 1.41. The molecule has 0 amide bonds. The van der Waals surface area contributed by atoms with E-state index in [4.69, 9.17) is 18.3 Å². The van der Waals surface area contributed by atoms with Gasteiger partial charge >= 0.3 is 0 Å². The molecule has 0 bridgehead atoms. The van der Waals surface area contributed by atoms with Crippen molar-refractivity contribution >= 4 is 11.8 Å². The summed E-state index contributed by atoms with van der Waals surface area (Å²) < 4.78 is 16.4. The van der Waals surface area contributed by atoms with Gasteiger partial charge < -0.3 is 13.4 Å². The Bertz CT molecular complexity index is 1140. The molecule has 29 heavy (non-hydrogen) atoms. The predicted octanol–water partition coefficient (Wildman–Crippen LogP) is 5.94. The molecule has 0 saturated heterocycles. The average Bonchev–Trinajstić information content (AvgIpc) is 3.54. The minimum Gasteiger partial charge on any atom is -0.472 e. The Kier molecular flexibility index (Phi) is 4.72. The van der Waals surface area contributed by atoms with Crippen LogP contribution in [0.25, 0.3) is 34.0 Å². The van der Waals surface area contributed by atoms with Crippen LogP contribution in [0, 0.1) is 0 Å². The number of benzene rings is 2. The third-order valence-electron chi connectivity index (χ3n) is 4.25. The lowest BCUT2D eigenvalue weighted by Gasteiger charge is -2.00. The molecule has 6 nitrogen and oxygen atoms in total. The van der Waals surface area contributed by atoms with E-state index in [-0.39, 0.29) is 0 Å². The fourth-order valence-electron chi connectivity index (χ4n) is 2.88. The molecule has 0 N–H and O–H groups in total. The van der Waals surface area contributed by atoms with E-state index < -0.39 is 0 Å². The number of thioether (sulfide) groups is 1. The van der Waals surface area contributed by atoms with Crippen LogP contribution in [0.15, 0.2) is 97.8 Å². The number of furan rings is 1. The van der Waals surface area contributed by atoms with Gasteiger partial charge in [-0.25, -0.2) is 4.98 Å². The summed E-state index contributed by atoms with van der Waals surface area (Å²) in [7, 11) is 0. The molecule has 0 radical (unpaired) electrons. The highest BCUT2D eigenvalue weighted by atomic mass is 32.2. The lowest BCUT2D eigenvalue weighted by atomic mass is 10.1. The van der Waals surface area contributed by atoms with Gasteiger partial charge in [0.2, 0.25) is 0 Å². The maximum absolute atomic E-state index is 6.11. The van der Waals surface area contributed by atoms with Crippen LogP contribution in [0.3, 0.4) is 0 Å². The van der Waals surface area contributed by atoms with Crippen LogP contribution in [-0.4, -0.2) is 15.1 Å². The van der Waals surface area contributed by atoms with Crippen LogP contribution in [0.2, 0.25) is 0 Å². The topological polar surface area (TPSA) is 78.1 Å². The summed E-state index contributed by atoms with van der Waals surface area (Å²) in [5, 5.41) is 4.57. The van der Waals surface area contributed by atoms with Gasteiger partial charge in [0, 0.05) is 11.1 Å². The SMILES string of the molecule is c1ccc(-c2nc(SCc3noc(-c4ccoc4)n3)oc2-c2ccccc2)cc1. The summed E-state index contributed by atoms with van der Waals surface area (Å²) in [4.78, 5) is 9.11. The Hall–Kier alpha value is -3.58. The third kappa shape index (κ3) is 3.72. The molecule has 2 aromatic carbocycles. The van der Waals surface area contributed by atoms with Gasteiger partial charge in [-0.15, -0.1) is 0 Å². The van der Waals surface area contributed by atoms with Crippen molar-refractivity contribution in [2.45, 2.75) is 11.0 Å². The van der Waals surface area contributed by atoms with E-state index in [0.717, 1.165) is 28.1 Å². The third-order valence-corrected chi connectivity index (χ3v) is 5.08. The van der Waals surface area contributed by atoms with Gasteiger partial charge in [-0.3, -0.25) is 0 Å². The molecular formula is C22H15N3O3S. The average molecular weight is 401 g/mol. The normalized spacial score (nSPS) is 11.0. The largest absolute Gasteiger partial charge is 0.472 e. The molecule has 0 unspecified atom stereocenters. The second kappa shape index (κ2) is 7.81. The van der Waals surface area contributed by atoms with E-state index in [1.54, 1.807) is 18.6 Å². The molecule has 5 rings (SSSR count). The van der Waals surface area contributed by atoms with Crippen molar-refractivity contribution in [3.8, 4) is 34.0 Å². The molecule has 0 aliphatic carbocycles. The first-order chi connectivity index (χ1) is 14.4. The Morgan fingerprint density at radius 1 is 0.793 bits per heavy atom. The van der Waals surface area contributed by atoms with Crippen molar-refractivity contribution in [3.05, 3.63) is 85.1 Å². The van der Waals surface area contributed by atoms with Gasteiger partial charge in [-0.2, -0.15) is 4.98 Å². The number of rotatable bonds is 6. The van der Waals surface area contributed by atoms with Crippen molar-refractivity contribution in [1.29, 1.82) is 0 Å². The fourth-order valence-corrected chi connectivity index (χ4v) is 3.55. The lowest BCUT2D eigenvalue weighted by Crippen LogP contribution is -1.84. The molecule has 0 fully saturated rings. The first-order valence-corrected chi connectivity index (χ1v) is 9.95. The second-order valence-electron chi connectivity index (χ2n) is 6.21. The van der Waals surface area contributed by atoms with Crippen molar-refractivity contribution in [2.75, 3.05) is 0 Å². The first-order valence-electron chi connectivity index (χ1n) is 8.96. The summed E-state index contributed by atoms with van der Waals surface area (Å²) in [6.45, 7) is 0. The number of hydrogen-bond acceptors (Lipinski definition) is 7. The van der Waals surface area contributed by atoms with Crippen molar-refractivity contribution < 1.29 is 13.4 Å². The number of aromatic nitrogens is 3. The minimum atomic E-state index is 0.428. The summed E-state index contributed by atoms with van der Waals surface area (Å²) in [5.74, 6) is 2.21. The first kappa shape index (κ1) is 17.5. The highest BCUT2D eigenvalue weighted by Gasteiger charge is 2.18. The standard InChI is InChI=1S/C22H15N3O3S/c1-3-7-15(8-4-1)19-20(16-9-5-2-6-10-16)27-22(24-19)29-14-18-23-21(28-25-18)17-11-12-26-13-17/h1-13H,14H2. The molecule has 3 aromatic heterocycles. The van der Waals surface area contributed by atoms with Crippen molar-refractivity contribution in [1.82, 2.24) is 15.1 Å². The van der Waals surface area contributed by atoms with Gasteiger partial charge in [-0.05, 0) is 6.07 Å². The molecule has 0 atom stereocenters. The highest BCUT2D eigenvalue weighted by molar-refractivity contribution is 7.98. The number of oxazole rings is 1. The predicted molar refractivity (Wildman–Crippen MR) is 109 cm³/mol. The van der Waals surface area contributed by atoms with Crippen LogP contribution >= 0.6 is 11.8 Å². The smallest absolute Gasteiger partial charge is 0.261 e. The zero-order chi connectivity index (χ0) is 19.5. The maximum Gasteiger partial charge on any atom is 0.261 e. The summed E-state index contributed by atoms with van der Waals surface area (Å²) in [6.07, 6.45) is 3.13. The van der Waals surface area contributed by atoms with E-state index in [1.165, 1.54) is 11.8 Å². The fraction of sp³-hybridized carbons (Fsp3) is 0.0455. The Morgan fingerprint density at radius 2 is 1.55 bits per heavy atom. The van der Waals surface area contributed by atoms with Crippen LogP contribution < -0.4 is 0 Å². The van der Waals surface area contributed by atoms with E-state index in [0.29, 0.717) is 22.7 Å². The second-order valence-corrected chi connectivity index (χ2v) is 7.13. The van der Waals surface area contributed by atoms with Gasteiger partial charge in [0.25, 0.3) is 11.1 Å². The minimum absolute atomic E-state index is 0.428. The zero-order valence-electron chi connectivity index (χ0n) is 15.2. The van der Waals surface area contributed by atoms with Crippen LogP contribution in [0.5, 0.6) is 0 Å². The van der Waals surface area contributed by atoms with Gasteiger partial charge in [-0.1, -0.05) is 77.6 Å². The van der Waals surface area contributed by atoms with Crippen LogP contribution in [-0.2, 0) is 5.75 Å². The Labute approximate surface area is 170 Å². The van der Waals surface area contributed by atoms with E-state index in [9.17, 15) is 0 Å². The summed E-state index contributed by atoms with van der Waals surface area (Å²) in [5.41, 5.74) is 3.55. The highest BCUT2D eigenvalue weighted by Crippen LogP contribution is 2.36. The maximum atomic E-state index is 6.11. The molecule has 0 spiro atoms. The van der Waals surface area contributed by atoms with Gasteiger partial charge in [0.05, 0.1) is 17.6 Å². The van der Waals surface area contributed by atoms with Crippen molar-refractivity contribution in [2.24, 2.45) is 0 Å². The molecule has 0 saturated carbocycles. The molecule has 0 aliphatic rings. The Morgan fingerprint density at radius 3 is 2.28 bits per heavy atom. The molecular weight excluding hydrogens is 386 g/mol. The van der Waals surface area contributed by atoms with Crippen LogP contribution in [0.1, 0.15) is 5.82 Å². The number of nitrogens with zero attached hydrogens (tertiary/aromatic N) is 3. The summed E-state index contributed by atoms with van der Waals surface area (Å²) >= 11 is 1.42. The van der Waals surface area contributed by atoms with E-state index in [1.807, 2.05) is 60.7 Å². The monoisotopic (exact) mass is 401 g/mol. The zero-order valence-corrected chi connectivity index (χ0v) is 16.0. The molecule has 3 heterocycles. The molecule has 0 aliphatic heterocycles. The molecule has 7 heteroatoms. The van der Waals surface area contributed by atoms with E-state index in [2.05, 4.69) is 10.1 Å². The van der Waals surface area contributed by atoms with Crippen molar-refractivity contribution in [3.63, 3.8) is 0 Å². The van der Waals surface area contributed by atoms with Gasteiger partial charge in [0.15, 0.2) is 11.6 Å². The lowest BCUT2D eigenvalue weighted by molar-refractivity contribution is 0.424. The number of hydrogen-bond donors (Lipinski definition) is 0. The quantitative estimate of drug-likeness (QED) is 0.326. The van der Waals surface area contributed by atoms with E-state index >= 15 is 0 Å². The summed E-state index contributed by atoms with van der Waals surface area (Å²) in [6, 6.07) is 21.7. The van der Waals surface area contributed by atoms with Gasteiger partial charge in [0.1, 0.15) is 12.0 Å². The molecule has 5 aromatic rings. The molecule has 142 valence electrons.